The fraction of sp³-hybridized carbons (Fsp3) is 0.438. The zero-order chi connectivity index (χ0) is 16.5. The minimum absolute atomic E-state index is 0.0401. The highest BCUT2D eigenvalue weighted by Gasteiger charge is 2.28. The van der Waals surface area contributed by atoms with Crippen LogP contribution < -0.4 is 5.32 Å². The van der Waals surface area contributed by atoms with Crippen LogP contribution in [0.2, 0.25) is 0 Å². The Bertz CT molecular complexity index is 882. The van der Waals surface area contributed by atoms with Gasteiger partial charge in [0.1, 0.15) is 5.65 Å². The van der Waals surface area contributed by atoms with Gasteiger partial charge in [-0.2, -0.15) is 0 Å². The van der Waals surface area contributed by atoms with Gasteiger partial charge in [0.05, 0.1) is 18.2 Å². The van der Waals surface area contributed by atoms with Crippen LogP contribution in [-0.4, -0.2) is 35.5 Å². The first-order valence-corrected chi connectivity index (χ1v) is 8.19. The number of imidazole rings is 1. The molecule has 4 rings (SSSR count). The van der Waals surface area contributed by atoms with E-state index >= 15 is 0 Å². The van der Waals surface area contributed by atoms with E-state index in [9.17, 15) is 4.79 Å². The lowest BCUT2D eigenvalue weighted by molar-refractivity contribution is -0.123. The number of amides is 1. The van der Waals surface area contributed by atoms with Crippen LogP contribution >= 0.6 is 0 Å². The van der Waals surface area contributed by atoms with E-state index in [1.807, 2.05) is 35.9 Å². The average molecular weight is 325 g/mol. The Kier molecular flexibility index (Phi) is 3.72. The number of tetrazole rings is 1. The molecule has 1 N–H and O–H groups in total. The van der Waals surface area contributed by atoms with Crippen molar-refractivity contribution < 1.29 is 4.79 Å². The Labute approximate surface area is 138 Å². The normalized spacial score (nSPS) is 17.5. The highest BCUT2D eigenvalue weighted by molar-refractivity contribution is 5.82. The summed E-state index contributed by atoms with van der Waals surface area (Å²) in [5.41, 5.74) is 2.86. The standard InChI is InChI=1S/C16H19N7O/c1-11-5-4-7-22-10-12(18-14(11)22)9-17-16(24)13-6-2-3-8-23-15(13)19-20-21-23/h4-5,7,10,13H,2-3,6,8-9H2,1H3,(H,17,24). The number of hydrogen-bond donors (Lipinski definition) is 1. The summed E-state index contributed by atoms with van der Waals surface area (Å²) in [6.07, 6.45) is 6.65. The lowest BCUT2D eigenvalue weighted by atomic mass is 10.0. The van der Waals surface area contributed by atoms with E-state index < -0.39 is 0 Å². The summed E-state index contributed by atoms with van der Waals surface area (Å²) >= 11 is 0. The first-order chi connectivity index (χ1) is 11.7. The second kappa shape index (κ2) is 6.03. The van der Waals surface area contributed by atoms with Crippen molar-refractivity contribution in [2.24, 2.45) is 0 Å². The van der Waals surface area contributed by atoms with Crippen LogP contribution in [0.3, 0.4) is 0 Å². The Morgan fingerprint density at radius 1 is 1.42 bits per heavy atom. The summed E-state index contributed by atoms with van der Waals surface area (Å²) in [5.74, 6) is 0.332. The molecule has 0 aromatic carbocycles. The van der Waals surface area contributed by atoms with E-state index in [1.54, 1.807) is 4.68 Å². The van der Waals surface area contributed by atoms with Crippen molar-refractivity contribution in [3.05, 3.63) is 41.6 Å². The van der Waals surface area contributed by atoms with Crippen molar-refractivity contribution in [3.8, 4) is 0 Å². The zero-order valence-electron chi connectivity index (χ0n) is 13.5. The summed E-state index contributed by atoms with van der Waals surface area (Å²) in [6, 6.07) is 4.01. The molecule has 1 unspecified atom stereocenters. The molecule has 0 radical (unpaired) electrons. The van der Waals surface area contributed by atoms with Gasteiger partial charge in [-0.1, -0.05) is 12.5 Å². The Morgan fingerprint density at radius 3 is 3.21 bits per heavy atom. The van der Waals surface area contributed by atoms with Crippen LogP contribution in [0, 0.1) is 6.92 Å². The number of aryl methyl sites for hydroxylation is 2. The van der Waals surface area contributed by atoms with Crippen molar-refractivity contribution >= 4 is 11.6 Å². The van der Waals surface area contributed by atoms with Crippen LogP contribution in [0.4, 0.5) is 0 Å². The number of hydrogen-bond acceptors (Lipinski definition) is 5. The number of pyridine rings is 1. The minimum Gasteiger partial charge on any atom is -0.350 e. The van der Waals surface area contributed by atoms with Crippen molar-refractivity contribution in [3.63, 3.8) is 0 Å². The largest absolute Gasteiger partial charge is 0.350 e. The highest BCUT2D eigenvalue weighted by atomic mass is 16.1. The van der Waals surface area contributed by atoms with E-state index in [2.05, 4.69) is 25.8 Å². The monoisotopic (exact) mass is 325 g/mol. The van der Waals surface area contributed by atoms with E-state index in [1.165, 1.54) is 0 Å². The molecule has 1 aliphatic heterocycles. The molecule has 3 aromatic rings. The number of nitrogens with one attached hydrogen (secondary N) is 1. The molecule has 24 heavy (non-hydrogen) atoms. The van der Waals surface area contributed by atoms with Gasteiger partial charge in [0.15, 0.2) is 5.82 Å². The first-order valence-electron chi connectivity index (χ1n) is 8.19. The van der Waals surface area contributed by atoms with Gasteiger partial charge in [-0.05, 0) is 41.8 Å². The Balaban J connectivity index is 1.49. The van der Waals surface area contributed by atoms with Gasteiger partial charge in [0.2, 0.25) is 5.91 Å². The van der Waals surface area contributed by atoms with E-state index in [0.29, 0.717) is 12.4 Å². The van der Waals surface area contributed by atoms with Crippen molar-refractivity contribution in [2.75, 3.05) is 0 Å². The first kappa shape index (κ1) is 14.8. The van der Waals surface area contributed by atoms with Crippen molar-refractivity contribution in [1.82, 2.24) is 34.9 Å². The molecule has 1 amide bonds. The maximum absolute atomic E-state index is 12.6. The van der Waals surface area contributed by atoms with Gasteiger partial charge in [-0.3, -0.25) is 4.79 Å². The third-order valence-electron chi connectivity index (χ3n) is 4.47. The number of fused-ring (bicyclic) bond motifs is 2. The average Bonchev–Trinajstić information content (AvgIpc) is 3.16. The Morgan fingerprint density at radius 2 is 2.33 bits per heavy atom. The third kappa shape index (κ3) is 2.64. The minimum atomic E-state index is -0.290. The molecule has 0 spiro atoms. The predicted molar refractivity (Wildman–Crippen MR) is 86.2 cm³/mol. The molecule has 0 bridgehead atoms. The molecule has 3 aromatic heterocycles. The molecule has 8 heteroatoms. The predicted octanol–water partition coefficient (Wildman–Crippen LogP) is 1.21. The molecule has 0 saturated carbocycles. The topological polar surface area (TPSA) is 90.0 Å². The second-order valence-electron chi connectivity index (χ2n) is 6.18. The van der Waals surface area contributed by atoms with Crippen molar-refractivity contribution in [2.45, 2.75) is 45.2 Å². The number of aromatic nitrogens is 6. The molecule has 0 fully saturated rings. The highest BCUT2D eigenvalue weighted by Crippen LogP contribution is 2.24. The van der Waals surface area contributed by atoms with E-state index in [-0.39, 0.29) is 11.8 Å². The van der Waals surface area contributed by atoms with Gasteiger partial charge >= 0.3 is 0 Å². The third-order valence-corrected chi connectivity index (χ3v) is 4.47. The van der Waals surface area contributed by atoms with E-state index in [4.69, 9.17) is 0 Å². The summed E-state index contributed by atoms with van der Waals surface area (Å²) < 4.78 is 3.72. The summed E-state index contributed by atoms with van der Waals surface area (Å²) in [7, 11) is 0. The number of carbonyl (C=O) groups excluding carboxylic acids is 1. The molecular weight excluding hydrogens is 306 g/mol. The molecule has 8 nitrogen and oxygen atoms in total. The molecule has 4 heterocycles. The lowest BCUT2D eigenvalue weighted by Crippen LogP contribution is -2.30. The number of nitrogens with zero attached hydrogens (tertiary/aromatic N) is 6. The summed E-state index contributed by atoms with van der Waals surface area (Å²) in [6.45, 7) is 3.20. The van der Waals surface area contributed by atoms with Crippen LogP contribution in [0.1, 0.15) is 42.3 Å². The van der Waals surface area contributed by atoms with Crippen LogP contribution in [-0.2, 0) is 17.9 Å². The smallest absolute Gasteiger partial charge is 0.231 e. The van der Waals surface area contributed by atoms with E-state index in [0.717, 1.165) is 42.7 Å². The second-order valence-corrected chi connectivity index (χ2v) is 6.18. The van der Waals surface area contributed by atoms with Gasteiger partial charge < -0.3 is 9.72 Å². The maximum Gasteiger partial charge on any atom is 0.231 e. The fourth-order valence-corrected chi connectivity index (χ4v) is 3.20. The van der Waals surface area contributed by atoms with Gasteiger partial charge in [-0.25, -0.2) is 9.67 Å². The zero-order valence-corrected chi connectivity index (χ0v) is 13.5. The van der Waals surface area contributed by atoms with Crippen LogP contribution in [0.25, 0.3) is 5.65 Å². The maximum atomic E-state index is 12.6. The van der Waals surface area contributed by atoms with Gasteiger partial charge in [0, 0.05) is 18.9 Å². The molecule has 1 atom stereocenters. The van der Waals surface area contributed by atoms with Gasteiger partial charge in [0.25, 0.3) is 0 Å². The fourth-order valence-electron chi connectivity index (χ4n) is 3.20. The molecule has 0 aliphatic carbocycles. The van der Waals surface area contributed by atoms with Crippen molar-refractivity contribution in [1.29, 1.82) is 0 Å². The number of carbonyl (C=O) groups is 1. The lowest BCUT2D eigenvalue weighted by Gasteiger charge is -2.12. The Hall–Kier alpha value is -2.77. The summed E-state index contributed by atoms with van der Waals surface area (Å²) in [5, 5.41) is 14.7. The van der Waals surface area contributed by atoms with Gasteiger partial charge in [-0.15, -0.1) is 5.10 Å². The SMILES string of the molecule is Cc1cccn2cc(CNC(=O)C3CCCCn4nnnc43)nc12. The molecule has 1 aliphatic rings. The van der Waals surface area contributed by atoms with Crippen LogP contribution in [0.15, 0.2) is 24.5 Å². The number of rotatable bonds is 3. The summed E-state index contributed by atoms with van der Waals surface area (Å²) in [4.78, 5) is 17.2. The molecule has 0 saturated heterocycles. The quantitative estimate of drug-likeness (QED) is 0.782. The van der Waals surface area contributed by atoms with Crippen LogP contribution in [0.5, 0.6) is 0 Å². The molecule has 124 valence electrons. The molecular formula is C16H19N7O.